The molecule has 32 heavy (non-hydrogen) atoms. The molecule has 0 saturated carbocycles. The molecular formula is C20H24F4N6O2. The van der Waals surface area contributed by atoms with Gasteiger partial charge in [-0.3, -0.25) is 0 Å². The summed E-state index contributed by atoms with van der Waals surface area (Å²) in [6.07, 6.45) is 1.92. The average molecular weight is 456 g/mol. The maximum absolute atomic E-state index is 13.8. The van der Waals surface area contributed by atoms with Crippen molar-refractivity contribution in [1.82, 2.24) is 15.0 Å². The van der Waals surface area contributed by atoms with Crippen LogP contribution < -0.4 is 20.3 Å². The summed E-state index contributed by atoms with van der Waals surface area (Å²) in [5.41, 5.74) is 6.33. The van der Waals surface area contributed by atoms with Crippen LogP contribution in [0.25, 0.3) is 11.3 Å². The van der Waals surface area contributed by atoms with E-state index in [2.05, 4.69) is 19.7 Å². The molecule has 2 aliphatic heterocycles. The van der Waals surface area contributed by atoms with Gasteiger partial charge in [0.15, 0.2) is 11.6 Å². The maximum Gasteiger partial charge on any atom is 0.387 e. The fourth-order valence-electron chi connectivity index (χ4n) is 3.74. The molecule has 2 aromatic heterocycles. The van der Waals surface area contributed by atoms with Crippen molar-refractivity contribution in [3.05, 3.63) is 18.3 Å². The van der Waals surface area contributed by atoms with Gasteiger partial charge in [0.1, 0.15) is 5.82 Å². The van der Waals surface area contributed by atoms with Crippen molar-refractivity contribution in [2.24, 2.45) is 0 Å². The molecule has 4 heterocycles. The van der Waals surface area contributed by atoms with Crippen LogP contribution in [-0.4, -0.2) is 66.4 Å². The van der Waals surface area contributed by atoms with Gasteiger partial charge in [-0.25, -0.2) is 18.7 Å². The number of hydrogen-bond acceptors (Lipinski definition) is 8. The Labute approximate surface area is 182 Å². The lowest BCUT2D eigenvalue weighted by molar-refractivity contribution is -0.0494. The van der Waals surface area contributed by atoms with Crippen LogP contribution in [0.5, 0.6) is 5.75 Å². The van der Waals surface area contributed by atoms with E-state index >= 15 is 0 Å². The summed E-state index contributed by atoms with van der Waals surface area (Å²) in [6, 6.07) is 2.98. The van der Waals surface area contributed by atoms with E-state index in [9.17, 15) is 17.6 Å². The zero-order chi connectivity index (χ0) is 22.9. The highest BCUT2D eigenvalue weighted by atomic mass is 19.3. The van der Waals surface area contributed by atoms with Crippen molar-refractivity contribution in [3.8, 4) is 17.0 Å². The Hall–Kier alpha value is -2.89. The number of ether oxygens (including phenoxy) is 2. The third kappa shape index (κ3) is 4.95. The molecule has 0 bridgehead atoms. The minimum atomic E-state index is -3.07. The van der Waals surface area contributed by atoms with Gasteiger partial charge in [-0.05, 0) is 12.5 Å². The van der Waals surface area contributed by atoms with Gasteiger partial charge in [0.25, 0.3) is 5.92 Å². The fourth-order valence-corrected chi connectivity index (χ4v) is 3.74. The lowest BCUT2D eigenvalue weighted by Crippen LogP contribution is -2.42. The second-order valence-electron chi connectivity index (χ2n) is 7.77. The predicted octanol–water partition coefficient (Wildman–Crippen LogP) is 3.18. The van der Waals surface area contributed by atoms with Crippen molar-refractivity contribution < 1.29 is 27.0 Å². The van der Waals surface area contributed by atoms with Gasteiger partial charge < -0.3 is 25.0 Å². The van der Waals surface area contributed by atoms with Gasteiger partial charge in [-0.15, -0.1) is 0 Å². The molecule has 12 heteroatoms. The number of pyridine rings is 1. The normalized spacial score (nSPS) is 20.8. The number of halogens is 4. The van der Waals surface area contributed by atoms with E-state index in [-0.39, 0.29) is 36.6 Å². The summed E-state index contributed by atoms with van der Waals surface area (Å²) in [5, 5.41) is 0. The predicted molar refractivity (Wildman–Crippen MR) is 110 cm³/mol. The van der Waals surface area contributed by atoms with Crippen molar-refractivity contribution >= 4 is 17.6 Å². The molecule has 0 amide bonds. The second kappa shape index (κ2) is 8.93. The SMILES string of the molecule is CC[C@H]1CN(c2cc(-c3cnc(N)c(OC(F)F)c3)nc(N3CCC(F)(F)C3)n2)CCO1. The molecule has 0 spiro atoms. The number of rotatable bonds is 6. The molecule has 4 rings (SSSR count). The van der Waals surface area contributed by atoms with Crippen molar-refractivity contribution in [2.75, 3.05) is 48.3 Å². The third-order valence-electron chi connectivity index (χ3n) is 5.47. The van der Waals surface area contributed by atoms with Crippen molar-refractivity contribution in [3.63, 3.8) is 0 Å². The molecule has 0 aromatic carbocycles. The largest absolute Gasteiger partial charge is 0.431 e. The Bertz CT molecular complexity index is 964. The first-order chi connectivity index (χ1) is 15.2. The summed E-state index contributed by atoms with van der Waals surface area (Å²) < 4.78 is 63.3. The number of nitrogens with two attached hydrogens (primary N) is 1. The number of morpholine rings is 1. The van der Waals surface area contributed by atoms with Crippen LogP contribution in [0, 0.1) is 0 Å². The number of alkyl halides is 4. The van der Waals surface area contributed by atoms with Gasteiger partial charge in [0.05, 0.1) is 24.9 Å². The van der Waals surface area contributed by atoms with Gasteiger partial charge in [-0.2, -0.15) is 13.8 Å². The molecule has 2 aliphatic rings. The summed E-state index contributed by atoms with van der Waals surface area (Å²) in [6.45, 7) is 0.223. The van der Waals surface area contributed by atoms with Crippen LogP contribution in [0.4, 0.5) is 35.1 Å². The fraction of sp³-hybridized carbons (Fsp3) is 0.550. The van der Waals surface area contributed by atoms with E-state index in [4.69, 9.17) is 10.5 Å². The molecule has 0 unspecified atom stereocenters. The molecule has 0 aliphatic carbocycles. The lowest BCUT2D eigenvalue weighted by atomic mass is 10.1. The monoisotopic (exact) mass is 456 g/mol. The Morgan fingerprint density at radius 3 is 2.75 bits per heavy atom. The topological polar surface area (TPSA) is 89.6 Å². The highest BCUT2D eigenvalue weighted by molar-refractivity contribution is 5.68. The molecule has 2 fully saturated rings. The van der Waals surface area contributed by atoms with Crippen LogP contribution in [0.3, 0.4) is 0 Å². The zero-order valence-electron chi connectivity index (χ0n) is 17.5. The number of anilines is 3. The molecule has 8 nitrogen and oxygen atoms in total. The lowest BCUT2D eigenvalue weighted by Gasteiger charge is -2.34. The van der Waals surface area contributed by atoms with E-state index < -0.39 is 19.1 Å². The highest BCUT2D eigenvalue weighted by Crippen LogP contribution is 2.34. The third-order valence-corrected chi connectivity index (χ3v) is 5.47. The van der Waals surface area contributed by atoms with Crippen LogP contribution >= 0.6 is 0 Å². The summed E-state index contributed by atoms with van der Waals surface area (Å²) >= 11 is 0. The maximum atomic E-state index is 13.8. The zero-order valence-corrected chi connectivity index (χ0v) is 17.5. The smallest absolute Gasteiger partial charge is 0.387 e. The molecule has 1 atom stereocenters. The molecule has 0 radical (unpaired) electrons. The molecule has 174 valence electrons. The first kappa shape index (κ1) is 22.3. The van der Waals surface area contributed by atoms with Crippen LogP contribution in [0.2, 0.25) is 0 Å². The molecule has 2 N–H and O–H groups in total. The van der Waals surface area contributed by atoms with Crippen LogP contribution in [0.1, 0.15) is 19.8 Å². The van der Waals surface area contributed by atoms with Crippen molar-refractivity contribution in [1.29, 1.82) is 0 Å². The Balaban J connectivity index is 1.74. The van der Waals surface area contributed by atoms with E-state index in [0.29, 0.717) is 36.8 Å². The van der Waals surface area contributed by atoms with Gasteiger partial charge in [0.2, 0.25) is 5.95 Å². The molecule has 2 aromatic rings. The van der Waals surface area contributed by atoms with Crippen LogP contribution in [0.15, 0.2) is 18.3 Å². The minimum absolute atomic E-state index is 0.0194. The quantitative estimate of drug-likeness (QED) is 0.663. The van der Waals surface area contributed by atoms with E-state index in [1.165, 1.54) is 17.2 Å². The number of nitrogens with zero attached hydrogens (tertiary/aromatic N) is 5. The van der Waals surface area contributed by atoms with E-state index in [0.717, 1.165) is 6.42 Å². The summed E-state index contributed by atoms with van der Waals surface area (Å²) in [4.78, 5) is 16.3. The van der Waals surface area contributed by atoms with Gasteiger partial charge in [0, 0.05) is 43.9 Å². The Morgan fingerprint density at radius 2 is 2.06 bits per heavy atom. The highest BCUT2D eigenvalue weighted by Gasteiger charge is 2.39. The molecule has 2 saturated heterocycles. The summed E-state index contributed by atoms with van der Waals surface area (Å²) in [7, 11) is 0. The number of hydrogen-bond donors (Lipinski definition) is 1. The number of aromatic nitrogens is 3. The standard InChI is InChI=1S/C20H24F4N6O2/c1-2-13-10-29(5-6-31-13)16-8-14(12-7-15(32-18(21)22)17(25)26-9-12)27-19(28-16)30-4-3-20(23,24)11-30/h7-9,13,18H,2-6,10-11H2,1H3,(H2,25,26)/t13-/m0/s1. The summed E-state index contributed by atoms with van der Waals surface area (Å²) in [5.74, 6) is -2.63. The number of nitrogen functional groups attached to an aromatic ring is 1. The van der Waals surface area contributed by atoms with Crippen LogP contribution in [-0.2, 0) is 4.74 Å². The average Bonchev–Trinajstić information content (AvgIpc) is 3.14. The first-order valence-electron chi connectivity index (χ1n) is 10.3. The minimum Gasteiger partial charge on any atom is -0.431 e. The Morgan fingerprint density at radius 1 is 1.25 bits per heavy atom. The van der Waals surface area contributed by atoms with Gasteiger partial charge >= 0.3 is 6.61 Å². The van der Waals surface area contributed by atoms with Gasteiger partial charge in [-0.1, -0.05) is 6.92 Å². The first-order valence-corrected chi connectivity index (χ1v) is 10.3. The second-order valence-corrected chi connectivity index (χ2v) is 7.77. The van der Waals surface area contributed by atoms with E-state index in [1.54, 1.807) is 6.07 Å². The Kier molecular flexibility index (Phi) is 6.22. The molecular weight excluding hydrogens is 432 g/mol. The van der Waals surface area contributed by atoms with Crippen molar-refractivity contribution in [2.45, 2.75) is 38.4 Å². The van der Waals surface area contributed by atoms with E-state index in [1.807, 2.05) is 11.8 Å².